The molecule has 12 heavy (non-hydrogen) atoms. The molecule has 0 bridgehead atoms. The van der Waals surface area contributed by atoms with Gasteiger partial charge >= 0.3 is 0 Å². The number of aromatic nitrogens is 2. The summed E-state index contributed by atoms with van der Waals surface area (Å²) in [4.78, 5) is 4.21. The highest BCUT2D eigenvalue weighted by Crippen LogP contribution is 2.20. The Morgan fingerprint density at radius 2 is 2.25 bits per heavy atom. The van der Waals surface area contributed by atoms with E-state index in [1.54, 1.807) is 0 Å². The maximum absolute atomic E-state index is 5.29. The first-order chi connectivity index (χ1) is 5.86. The average Bonchev–Trinajstić information content (AvgIpc) is 2.54. The first-order valence-corrected chi connectivity index (χ1v) is 4.44. The van der Waals surface area contributed by atoms with Crippen molar-refractivity contribution in [3.8, 4) is 0 Å². The molecule has 66 valence electrons. The van der Waals surface area contributed by atoms with E-state index in [4.69, 9.17) is 4.74 Å². The first kappa shape index (κ1) is 7.80. The zero-order valence-corrected chi connectivity index (χ0v) is 7.36. The standard InChI is InChI=1S/C9H14N2O/c1-8-6-11(7-10-8)9-2-4-12-5-3-9/h6-7,9H,2-5H2,1H3. The second kappa shape index (κ2) is 3.27. The topological polar surface area (TPSA) is 27.1 Å². The third-order valence-corrected chi connectivity index (χ3v) is 2.34. The Bertz CT molecular complexity index is 251. The highest BCUT2D eigenvalue weighted by atomic mass is 16.5. The van der Waals surface area contributed by atoms with Crippen LogP contribution in [0.5, 0.6) is 0 Å². The van der Waals surface area contributed by atoms with E-state index in [-0.39, 0.29) is 0 Å². The number of ether oxygens (including phenoxy) is 1. The van der Waals surface area contributed by atoms with Gasteiger partial charge in [-0.25, -0.2) is 4.98 Å². The van der Waals surface area contributed by atoms with Crippen LogP contribution in [0.3, 0.4) is 0 Å². The van der Waals surface area contributed by atoms with Crippen LogP contribution in [0.1, 0.15) is 24.6 Å². The van der Waals surface area contributed by atoms with Gasteiger partial charge in [0, 0.05) is 25.5 Å². The summed E-state index contributed by atoms with van der Waals surface area (Å²) in [6.07, 6.45) is 6.27. The number of imidazole rings is 1. The van der Waals surface area contributed by atoms with Crippen LogP contribution in [0.15, 0.2) is 12.5 Å². The van der Waals surface area contributed by atoms with Crippen molar-refractivity contribution in [1.29, 1.82) is 0 Å². The van der Waals surface area contributed by atoms with Crippen LogP contribution in [-0.4, -0.2) is 22.8 Å². The Labute approximate surface area is 72.4 Å². The van der Waals surface area contributed by atoms with Crippen molar-refractivity contribution in [2.45, 2.75) is 25.8 Å². The molecule has 2 heterocycles. The van der Waals surface area contributed by atoms with Gasteiger partial charge in [-0.15, -0.1) is 0 Å². The van der Waals surface area contributed by atoms with E-state index in [2.05, 4.69) is 15.7 Å². The number of rotatable bonds is 1. The molecule has 1 aliphatic heterocycles. The Balaban J connectivity index is 2.08. The molecule has 0 atom stereocenters. The summed E-state index contributed by atoms with van der Waals surface area (Å²) in [6, 6.07) is 0.611. The fourth-order valence-corrected chi connectivity index (χ4v) is 1.62. The van der Waals surface area contributed by atoms with E-state index >= 15 is 0 Å². The summed E-state index contributed by atoms with van der Waals surface area (Å²) in [6.45, 7) is 3.81. The SMILES string of the molecule is Cc1cn(C2CCOCC2)cn1. The van der Waals surface area contributed by atoms with Crippen molar-refractivity contribution in [3.05, 3.63) is 18.2 Å². The Kier molecular flexibility index (Phi) is 2.13. The van der Waals surface area contributed by atoms with Crippen LogP contribution < -0.4 is 0 Å². The average molecular weight is 166 g/mol. The summed E-state index contributed by atoms with van der Waals surface area (Å²) >= 11 is 0. The lowest BCUT2D eigenvalue weighted by Gasteiger charge is -2.22. The van der Waals surface area contributed by atoms with Crippen LogP contribution in [0, 0.1) is 6.92 Å². The molecule has 1 aromatic rings. The molecular weight excluding hydrogens is 152 g/mol. The number of hydrogen-bond acceptors (Lipinski definition) is 2. The van der Waals surface area contributed by atoms with Gasteiger partial charge in [0.1, 0.15) is 0 Å². The lowest BCUT2D eigenvalue weighted by atomic mass is 10.1. The van der Waals surface area contributed by atoms with Gasteiger partial charge in [0.25, 0.3) is 0 Å². The van der Waals surface area contributed by atoms with Gasteiger partial charge in [-0.2, -0.15) is 0 Å². The van der Waals surface area contributed by atoms with Gasteiger partial charge in [-0.1, -0.05) is 0 Å². The minimum Gasteiger partial charge on any atom is -0.381 e. The van der Waals surface area contributed by atoms with E-state index in [0.29, 0.717) is 6.04 Å². The summed E-state index contributed by atoms with van der Waals surface area (Å²) in [5.41, 5.74) is 1.10. The largest absolute Gasteiger partial charge is 0.381 e. The zero-order chi connectivity index (χ0) is 8.39. The van der Waals surface area contributed by atoms with E-state index in [1.807, 2.05) is 13.3 Å². The highest BCUT2D eigenvalue weighted by Gasteiger charge is 2.14. The molecule has 1 aromatic heterocycles. The molecule has 3 nitrogen and oxygen atoms in total. The number of nitrogens with zero attached hydrogens (tertiary/aromatic N) is 2. The maximum Gasteiger partial charge on any atom is 0.0951 e. The van der Waals surface area contributed by atoms with E-state index in [9.17, 15) is 0 Å². The summed E-state index contributed by atoms with van der Waals surface area (Å²) < 4.78 is 7.50. The number of aryl methyl sites for hydroxylation is 1. The van der Waals surface area contributed by atoms with Crippen molar-refractivity contribution in [2.24, 2.45) is 0 Å². The molecule has 1 fully saturated rings. The molecule has 0 N–H and O–H groups in total. The Morgan fingerprint density at radius 1 is 1.50 bits per heavy atom. The molecule has 0 radical (unpaired) electrons. The molecule has 0 unspecified atom stereocenters. The van der Waals surface area contributed by atoms with Gasteiger partial charge in [-0.3, -0.25) is 0 Å². The lowest BCUT2D eigenvalue weighted by molar-refractivity contribution is 0.0695. The predicted molar refractivity (Wildman–Crippen MR) is 46.1 cm³/mol. The maximum atomic E-state index is 5.29. The molecular formula is C9H14N2O. The van der Waals surface area contributed by atoms with Crippen LogP contribution in [0.4, 0.5) is 0 Å². The Morgan fingerprint density at radius 3 is 2.83 bits per heavy atom. The van der Waals surface area contributed by atoms with Gasteiger partial charge in [0.15, 0.2) is 0 Å². The van der Waals surface area contributed by atoms with Crippen LogP contribution >= 0.6 is 0 Å². The van der Waals surface area contributed by atoms with Crippen molar-refractivity contribution < 1.29 is 4.74 Å². The fraction of sp³-hybridized carbons (Fsp3) is 0.667. The molecule has 1 saturated heterocycles. The molecule has 0 spiro atoms. The lowest BCUT2D eigenvalue weighted by Crippen LogP contribution is -2.18. The van der Waals surface area contributed by atoms with Crippen LogP contribution in [-0.2, 0) is 4.74 Å². The predicted octanol–water partition coefficient (Wildman–Crippen LogP) is 1.54. The molecule has 3 heteroatoms. The molecule has 0 saturated carbocycles. The summed E-state index contributed by atoms with van der Waals surface area (Å²) in [5.74, 6) is 0. The minimum atomic E-state index is 0.611. The molecule has 2 rings (SSSR count). The third kappa shape index (κ3) is 1.50. The zero-order valence-electron chi connectivity index (χ0n) is 7.36. The van der Waals surface area contributed by atoms with Crippen molar-refractivity contribution in [1.82, 2.24) is 9.55 Å². The molecule has 0 aromatic carbocycles. The first-order valence-electron chi connectivity index (χ1n) is 4.44. The molecule has 0 amide bonds. The van der Waals surface area contributed by atoms with Crippen LogP contribution in [0.2, 0.25) is 0 Å². The minimum absolute atomic E-state index is 0.611. The van der Waals surface area contributed by atoms with Crippen molar-refractivity contribution >= 4 is 0 Å². The smallest absolute Gasteiger partial charge is 0.0951 e. The van der Waals surface area contributed by atoms with Crippen molar-refractivity contribution in [3.63, 3.8) is 0 Å². The van der Waals surface area contributed by atoms with Gasteiger partial charge < -0.3 is 9.30 Å². The third-order valence-electron chi connectivity index (χ3n) is 2.34. The van der Waals surface area contributed by atoms with E-state index in [0.717, 1.165) is 31.7 Å². The molecule has 0 aliphatic carbocycles. The monoisotopic (exact) mass is 166 g/mol. The summed E-state index contributed by atoms with van der Waals surface area (Å²) in [7, 11) is 0. The highest BCUT2D eigenvalue weighted by molar-refractivity contribution is 4.94. The second-order valence-corrected chi connectivity index (χ2v) is 3.31. The Hall–Kier alpha value is -0.830. The summed E-state index contributed by atoms with van der Waals surface area (Å²) in [5, 5.41) is 0. The molecule has 1 aliphatic rings. The second-order valence-electron chi connectivity index (χ2n) is 3.31. The normalized spacial score (nSPS) is 19.8. The fourth-order valence-electron chi connectivity index (χ4n) is 1.62. The van der Waals surface area contributed by atoms with Gasteiger partial charge in [0.05, 0.1) is 12.0 Å². The van der Waals surface area contributed by atoms with Crippen LogP contribution in [0.25, 0.3) is 0 Å². The van der Waals surface area contributed by atoms with E-state index in [1.165, 1.54) is 0 Å². The van der Waals surface area contributed by atoms with Gasteiger partial charge in [0.2, 0.25) is 0 Å². The quantitative estimate of drug-likeness (QED) is 0.632. The van der Waals surface area contributed by atoms with E-state index < -0.39 is 0 Å². The van der Waals surface area contributed by atoms with Gasteiger partial charge in [-0.05, 0) is 19.8 Å². The number of hydrogen-bond donors (Lipinski definition) is 0. The van der Waals surface area contributed by atoms with Crippen molar-refractivity contribution in [2.75, 3.05) is 13.2 Å².